The van der Waals surface area contributed by atoms with Crippen molar-refractivity contribution in [2.45, 2.75) is 5.28 Å². The second-order valence-corrected chi connectivity index (χ2v) is 4.53. The summed E-state index contributed by atoms with van der Waals surface area (Å²) in [7, 11) is 0. The molecule has 0 nitrogen and oxygen atoms in total. The number of halogens is 2. The van der Waals surface area contributed by atoms with Gasteiger partial charge in [0.25, 0.3) is 0 Å². The van der Waals surface area contributed by atoms with Gasteiger partial charge in [-0.15, -0.1) is 11.6 Å². The zero-order valence-electron chi connectivity index (χ0n) is 9.39. The molecule has 1 atom stereocenters. The number of hydrogen-bond donors (Lipinski definition) is 0. The van der Waals surface area contributed by atoms with Crippen molar-refractivity contribution in [2.75, 3.05) is 6.67 Å². The molecular weight excluding hydrogens is 233 g/mol. The summed E-state index contributed by atoms with van der Waals surface area (Å²) in [6.45, 7) is -0.625. The lowest BCUT2D eigenvalue weighted by Crippen LogP contribution is -2.50. The molecule has 0 radical (unpaired) electrons. The lowest BCUT2D eigenvalue weighted by atomic mass is 9.38. The maximum Gasteiger partial charge on any atom is 0.231 e. The molecule has 0 saturated carbocycles. The molecule has 0 aliphatic rings. The van der Waals surface area contributed by atoms with Crippen molar-refractivity contribution in [3.8, 4) is 0 Å². The van der Waals surface area contributed by atoms with E-state index in [0.29, 0.717) is 0 Å². The van der Waals surface area contributed by atoms with Crippen LogP contribution in [-0.2, 0) is 0 Å². The summed E-state index contributed by atoms with van der Waals surface area (Å²) < 4.78 is 12.9. The van der Waals surface area contributed by atoms with E-state index in [0.717, 1.165) is 10.9 Å². The number of benzene rings is 2. The third-order valence-corrected chi connectivity index (χ3v) is 3.20. The summed E-state index contributed by atoms with van der Waals surface area (Å²) in [6, 6.07) is 19.7. The average molecular weight is 247 g/mol. The van der Waals surface area contributed by atoms with Gasteiger partial charge in [-0.05, 0) is 0 Å². The van der Waals surface area contributed by atoms with Crippen molar-refractivity contribution in [3.63, 3.8) is 0 Å². The molecule has 86 valence electrons. The SMILES string of the molecule is FCC(Cl)B(c1ccccc1)c1ccccc1. The van der Waals surface area contributed by atoms with Crippen LogP contribution in [0.5, 0.6) is 0 Å². The van der Waals surface area contributed by atoms with Gasteiger partial charge in [0.05, 0.1) is 6.67 Å². The first-order valence-electron chi connectivity index (χ1n) is 5.63. The molecule has 0 amide bonds. The topological polar surface area (TPSA) is 0 Å². The zero-order chi connectivity index (χ0) is 12.1. The smallest absolute Gasteiger partial charge is 0.231 e. The fraction of sp³-hybridized carbons (Fsp3) is 0.143. The van der Waals surface area contributed by atoms with E-state index in [1.807, 2.05) is 60.7 Å². The van der Waals surface area contributed by atoms with Crippen molar-refractivity contribution in [3.05, 3.63) is 60.7 Å². The van der Waals surface area contributed by atoms with E-state index in [4.69, 9.17) is 11.6 Å². The van der Waals surface area contributed by atoms with Gasteiger partial charge in [-0.1, -0.05) is 71.6 Å². The van der Waals surface area contributed by atoms with Gasteiger partial charge in [0.15, 0.2) is 0 Å². The van der Waals surface area contributed by atoms with E-state index < -0.39 is 12.0 Å². The minimum absolute atomic E-state index is 0.0935. The minimum Gasteiger partial charge on any atom is -0.250 e. The summed E-state index contributed by atoms with van der Waals surface area (Å²) in [5.74, 6) is 0. The molecule has 0 saturated heterocycles. The van der Waals surface area contributed by atoms with E-state index >= 15 is 0 Å². The molecule has 2 rings (SSSR count). The second-order valence-electron chi connectivity index (χ2n) is 3.97. The largest absolute Gasteiger partial charge is 0.250 e. The predicted octanol–water partition coefficient (Wildman–Crippen LogP) is 2.41. The first kappa shape index (κ1) is 12.2. The number of hydrogen-bond acceptors (Lipinski definition) is 0. The normalized spacial score (nSPS) is 12.1. The van der Waals surface area contributed by atoms with E-state index in [-0.39, 0.29) is 6.71 Å². The van der Waals surface area contributed by atoms with Crippen LogP contribution in [0, 0.1) is 0 Å². The Hall–Kier alpha value is -1.28. The molecule has 0 heterocycles. The molecule has 3 heteroatoms. The van der Waals surface area contributed by atoms with Crippen LogP contribution in [0.3, 0.4) is 0 Å². The Bertz CT molecular complexity index is 407. The zero-order valence-corrected chi connectivity index (χ0v) is 10.1. The Morgan fingerprint density at radius 3 is 1.65 bits per heavy atom. The van der Waals surface area contributed by atoms with E-state index in [9.17, 15) is 4.39 Å². The minimum atomic E-state index is -0.532. The molecule has 0 aromatic heterocycles. The number of rotatable bonds is 4. The Labute approximate surface area is 107 Å². The van der Waals surface area contributed by atoms with Crippen molar-refractivity contribution >= 4 is 29.2 Å². The van der Waals surface area contributed by atoms with Gasteiger partial charge >= 0.3 is 0 Å². The van der Waals surface area contributed by atoms with E-state index in [1.165, 1.54) is 0 Å². The summed E-state index contributed by atoms with van der Waals surface area (Å²) in [4.78, 5) is 0. The molecule has 17 heavy (non-hydrogen) atoms. The van der Waals surface area contributed by atoms with Crippen LogP contribution in [-0.4, -0.2) is 18.7 Å². The number of alkyl halides is 2. The molecule has 2 aromatic carbocycles. The van der Waals surface area contributed by atoms with Gasteiger partial charge in [-0.3, -0.25) is 4.39 Å². The first-order chi connectivity index (χ1) is 8.33. The van der Waals surface area contributed by atoms with Gasteiger partial charge in [-0.2, -0.15) is 0 Å². The molecule has 1 unspecified atom stereocenters. The van der Waals surface area contributed by atoms with Gasteiger partial charge in [0.1, 0.15) is 0 Å². The molecule has 2 aromatic rings. The molecule has 0 aliphatic carbocycles. The third-order valence-electron chi connectivity index (χ3n) is 2.83. The Balaban J connectivity index is 2.39. The fourth-order valence-electron chi connectivity index (χ4n) is 2.02. The highest BCUT2D eigenvalue weighted by Crippen LogP contribution is 2.05. The lowest BCUT2D eigenvalue weighted by molar-refractivity contribution is 0.515. The van der Waals surface area contributed by atoms with Crippen molar-refractivity contribution in [2.24, 2.45) is 0 Å². The Morgan fingerprint density at radius 1 is 0.882 bits per heavy atom. The average Bonchev–Trinajstić information content (AvgIpc) is 2.41. The van der Waals surface area contributed by atoms with Crippen LogP contribution in [0.1, 0.15) is 0 Å². The highest BCUT2D eigenvalue weighted by molar-refractivity contribution is 6.91. The highest BCUT2D eigenvalue weighted by Gasteiger charge is 2.27. The summed E-state index contributed by atoms with van der Waals surface area (Å²) in [5.41, 5.74) is 2.10. The van der Waals surface area contributed by atoms with Crippen LogP contribution in [0.2, 0.25) is 0 Å². The maximum atomic E-state index is 12.9. The van der Waals surface area contributed by atoms with E-state index in [2.05, 4.69) is 0 Å². The Morgan fingerprint density at radius 2 is 1.29 bits per heavy atom. The van der Waals surface area contributed by atoms with Crippen LogP contribution < -0.4 is 10.9 Å². The molecule has 0 bridgehead atoms. The van der Waals surface area contributed by atoms with Crippen LogP contribution in [0.4, 0.5) is 4.39 Å². The summed E-state index contributed by atoms with van der Waals surface area (Å²) in [5, 5.41) is -0.528. The van der Waals surface area contributed by atoms with Crippen molar-refractivity contribution in [1.29, 1.82) is 0 Å². The van der Waals surface area contributed by atoms with Gasteiger partial charge in [-0.25, -0.2) is 0 Å². The third kappa shape index (κ3) is 2.89. The van der Waals surface area contributed by atoms with Crippen LogP contribution in [0.15, 0.2) is 60.7 Å². The Kier molecular flexibility index (Phi) is 4.21. The quantitative estimate of drug-likeness (QED) is 0.574. The predicted molar refractivity (Wildman–Crippen MR) is 73.5 cm³/mol. The standard InChI is InChI=1S/C14H13BClF/c16-14(11-17)15(12-7-3-1-4-8-12)13-9-5-2-6-10-13/h1-10,14H,11H2. The lowest BCUT2D eigenvalue weighted by Gasteiger charge is -2.17. The van der Waals surface area contributed by atoms with E-state index in [1.54, 1.807) is 0 Å². The van der Waals surface area contributed by atoms with Crippen molar-refractivity contribution < 1.29 is 4.39 Å². The summed E-state index contributed by atoms with van der Waals surface area (Å²) >= 11 is 6.13. The second kappa shape index (κ2) is 5.88. The van der Waals surface area contributed by atoms with Crippen molar-refractivity contribution in [1.82, 2.24) is 0 Å². The molecule has 0 spiro atoms. The highest BCUT2D eigenvalue weighted by atomic mass is 35.5. The molecule has 0 fully saturated rings. The molecular formula is C14H13BClF. The van der Waals surface area contributed by atoms with Gasteiger partial charge in [0.2, 0.25) is 6.71 Å². The molecule has 0 aliphatic heterocycles. The monoisotopic (exact) mass is 246 g/mol. The summed E-state index contributed by atoms with van der Waals surface area (Å²) in [6.07, 6.45) is 0. The van der Waals surface area contributed by atoms with Crippen LogP contribution >= 0.6 is 11.6 Å². The first-order valence-corrected chi connectivity index (χ1v) is 6.06. The fourth-order valence-corrected chi connectivity index (χ4v) is 2.31. The van der Waals surface area contributed by atoms with Gasteiger partial charge < -0.3 is 0 Å². The maximum absolute atomic E-state index is 12.9. The van der Waals surface area contributed by atoms with Crippen LogP contribution in [0.25, 0.3) is 0 Å². The van der Waals surface area contributed by atoms with Gasteiger partial charge in [0, 0.05) is 5.28 Å². The molecule has 0 N–H and O–H groups in total.